The Kier molecular flexibility index (Phi) is 12.0. The van der Waals surface area contributed by atoms with E-state index in [4.69, 9.17) is 19.2 Å². The fourth-order valence-electron chi connectivity index (χ4n) is 11.8. The van der Waals surface area contributed by atoms with Gasteiger partial charge in [-0.25, -0.2) is 8.78 Å². The van der Waals surface area contributed by atoms with Crippen LogP contribution in [0.1, 0.15) is 107 Å². The van der Waals surface area contributed by atoms with Gasteiger partial charge in [-0.1, -0.05) is 30.3 Å². The number of fused-ring (bicyclic) bond motifs is 3. The molecule has 0 radical (unpaired) electrons. The number of piperidine rings is 4. The van der Waals surface area contributed by atoms with Crippen molar-refractivity contribution in [3.63, 3.8) is 0 Å². The number of aromatic hydroxyl groups is 1. The van der Waals surface area contributed by atoms with Crippen molar-refractivity contribution in [2.75, 3.05) is 63.9 Å². The highest BCUT2D eigenvalue weighted by Crippen LogP contribution is 2.48. The van der Waals surface area contributed by atoms with Crippen molar-refractivity contribution in [1.82, 2.24) is 35.2 Å². The van der Waals surface area contributed by atoms with Gasteiger partial charge in [0.2, 0.25) is 11.8 Å². The molecule has 0 bridgehead atoms. The Morgan fingerprint density at radius 3 is 2.49 bits per heavy atom. The summed E-state index contributed by atoms with van der Waals surface area (Å²) in [7, 11) is 0. The molecule has 6 aromatic rings. The first-order valence-electron chi connectivity index (χ1n) is 24.9. The van der Waals surface area contributed by atoms with E-state index in [9.17, 15) is 19.8 Å². The Labute approximate surface area is 399 Å². The molecule has 362 valence electrons. The summed E-state index contributed by atoms with van der Waals surface area (Å²) in [5, 5.41) is 30.9. The van der Waals surface area contributed by atoms with E-state index in [2.05, 4.69) is 31.3 Å². The number of halogens is 2. The highest BCUT2D eigenvalue weighted by molar-refractivity contribution is 6.03. The van der Waals surface area contributed by atoms with Gasteiger partial charge in [-0.05, 0) is 150 Å². The molecule has 2 atom stereocenters. The molecule has 1 saturated carbocycles. The van der Waals surface area contributed by atoms with E-state index in [-0.39, 0.29) is 45.8 Å². The summed E-state index contributed by atoms with van der Waals surface area (Å²) >= 11 is 0. The topological polar surface area (TPSA) is 170 Å². The van der Waals surface area contributed by atoms with E-state index < -0.39 is 23.2 Å². The number of aliphatic hydroxyl groups is 1. The molecular formula is C53H60F2N8O6. The normalized spacial score (nSPS) is 23.0. The van der Waals surface area contributed by atoms with Gasteiger partial charge in [-0.15, -0.1) is 0 Å². The molecule has 1 aliphatic carbocycles. The third-order valence-electron chi connectivity index (χ3n) is 15.8. The standard InChI is InChI=1S/C53H60F2N8O6/c1-3-35-41(54)10-8-33-24-34(64)25-39(43(33)35)46-44(55)47-40(26-56-46)49(63-19-5-16-52(2,67)28-63)59-51(58-47)68-30-53(17-18-53)29-62-20-12-31(13-21-62)27-61-22-14-32(15-23-61)36-6-4-7-37-45(60-69-48(36)37)38-9-11-42(65)57-50(38)66/h4,6-8,10,24-26,31-32,38,64,67H,3,5,9,11-23,27-30H2,1-2H3,(H,57,65,66)/t38?,52-/m1/s1. The van der Waals surface area contributed by atoms with E-state index in [1.165, 1.54) is 18.3 Å². The Balaban J connectivity index is 0.741. The smallest absolute Gasteiger partial charge is 0.319 e. The van der Waals surface area contributed by atoms with Gasteiger partial charge in [0.05, 0.1) is 23.5 Å². The van der Waals surface area contributed by atoms with Gasteiger partial charge in [-0.3, -0.25) is 19.9 Å². The number of imide groups is 1. The van der Waals surface area contributed by atoms with Crippen LogP contribution in [0, 0.1) is 23.0 Å². The zero-order chi connectivity index (χ0) is 47.6. The molecule has 3 aromatic heterocycles. The van der Waals surface area contributed by atoms with Crippen LogP contribution in [-0.2, 0) is 16.0 Å². The van der Waals surface area contributed by atoms with E-state index in [1.54, 1.807) is 19.1 Å². The van der Waals surface area contributed by atoms with Gasteiger partial charge in [0.1, 0.15) is 34.3 Å². The summed E-state index contributed by atoms with van der Waals surface area (Å²) in [5.74, 6) is -0.834. The molecule has 5 fully saturated rings. The van der Waals surface area contributed by atoms with Gasteiger partial charge in [0.25, 0.3) is 0 Å². The van der Waals surface area contributed by atoms with Crippen LogP contribution < -0.4 is 15.0 Å². The Hall–Kier alpha value is -5.84. The predicted octanol–water partition coefficient (Wildman–Crippen LogP) is 8.15. The fourth-order valence-corrected chi connectivity index (χ4v) is 11.8. The highest BCUT2D eigenvalue weighted by Gasteiger charge is 2.46. The maximum Gasteiger partial charge on any atom is 0.319 e. The minimum absolute atomic E-state index is 0.0140. The monoisotopic (exact) mass is 942 g/mol. The average molecular weight is 943 g/mol. The number of amides is 2. The first kappa shape index (κ1) is 45.6. The largest absolute Gasteiger partial charge is 0.508 e. The molecule has 3 aromatic carbocycles. The molecule has 4 aliphatic heterocycles. The lowest BCUT2D eigenvalue weighted by molar-refractivity contribution is -0.134. The van der Waals surface area contributed by atoms with E-state index in [0.29, 0.717) is 90.4 Å². The summed E-state index contributed by atoms with van der Waals surface area (Å²) in [6.07, 6.45) is 10.3. The minimum atomic E-state index is -0.963. The van der Waals surface area contributed by atoms with Crippen LogP contribution in [0.5, 0.6) is 11.8 Å². The van der Waals surface area contributed by atoms with Gasteiger partial charge in [0.15, 0.2) is 11.4 Å². The number of pyridine rings is 1. The second kappa shape index (κ2) is 18.2. The lowest BCUT2D eigenvalue weighted by atomic mass is 9.86. The van der Waals surface area contributed by atoms with Crippen LogP contribution in [0.25, 0.3) is 43.9 Å². The molecule has 2 amide bonds. The number of benzene rings is 3. The fraction of sp³-hybridized carbons (Fsp3) is 0.509. The molecule has 14 nitrogen and oxygen atoms in total. The Morgan fingerprint density at radius 2 is 1.74 bits per heavy atom. The number of para-hydroxylation sites is 1. The van der Waals surface area contributed by atoms with Crippen LogP contribution in [0.4, 0.5) is 14.6 Å². The summed E-state index contributed by atoms with van der Waals surface area (Å²) in [5.41, 5.74) is 2.15. The van der Waals surface area contributed by atoms with E-state index in [0.717, 1.165) is 101 Å². The van der Waals surface area contributed by atoms with Crippen molar-refractivity contribution in [2.24, 2.45) is 11.3 Å². The number of aromatic nitrogens is 4. The third kappa shape index (κ3) is 8.99. The molecule has 4 saturated heterocycles. The first-order valence-corrected chi connectivity index (χ1v) is 24.9. The number of β-amino-alcohol motifs (C(OH)–C–C–N with tert-alkyl or cyclic N) is 1. The van der Waals surface area contributed by atoms with Gasteiger partial charge < -0.3 is 34.2 Å². The molecule has 1 unspecified atom stereocenters. The maximum atomic E-state index is 17.1. The number of aryl methyl sites for hydroxylation is 1. The number of rotatable bonds is 12. The molecule has 7 heterocycles. The minimum Gasteiger partial charge on any atom is -0.508 e. The number of nitrogens with zero attached hydrogens (tertiary/aromatic N) is 7. The van der Waals surface area contributed by atoms with Crippen molar-refractivity contribution in [3.8, 4) is 23.0 Å². The van der Waals surface area contributed by atoms with Crippen LogP contribution in [0.15, 0.2) is 53.2 Å². The molecular weight excluding hydrogens is 883 g/mol. The summed E-state index contributed by atoms with van der Waals surface area (Å²) in [4.78, 5) is 45.7. The SMILES string of the molecule is CCc1c(F)ccc2cc(O)cc(-c3ncc4c(N5CCC[C@@](C)(O)C5)nc(OCC5(CN6CCC(CN7CCC(c8cccc9c(C%10CCC(=O)NC%10=O)noc89)CC7)CC6)CC5)nc4c3F)c12. The number of hydrogen-bond donors (Lipinski definition) is 3. The first-order chi connectivity index (χ1) is 33.3. The lowest BCUT2D eigenvalue weighted by Gasteiger charge is -2.38. The van der Waals surface area contributed by atoms with Gasteiger partial charge in [0, 0.05) is 60.7 Å². The lowest BCUT2D eigenvalue weighted by Crippen LogP contribution is -2.46. The Bertz CT molecular complexity index is 2960. The molecule has 3 N–H and O–H groups in total. The van der Waals surface area contributed by atoms with E-state index >= 15 is 8.78 Å². The predicted molar refractivity (Wildman–Crippen MR) is 257 cm³/mol. The second-order valence-electron chi connectivity index (χ2n) is 20.9. The van der Waals surface area contributed by atoms with Crippen LogP contribution in [-0.4, -0.2) is 117 Å². The number of phenols is 1. The molecule has 11 rings (SSSR count). The van der Waals surface area contributed by atoms with Crippen molar-refractivity contribution >= 4 is 50.3 Å². The van der Waals surface area contributed by atoms with Crippen molar-refractivity contribution in [1.29, 1.82) is 0 Å². The summed E-state index contributed by atoms with van der Waals surface area (Å²) < 4.78 is 44.7. The van der Waals surface area contributed by atoms with Crippen LogP contribution in [0.3, 0.4) is 0 Å². The number of likely N-dealkylation sites (tertiary alicyclic amines) is 2. The zero-order valence-electron chi connectivity index (χ0n) is 39.4. The van der Waals surface area contributed by atoms with Crippen molar-refractivity contribution in [2.45, 2.75) is 102 Å². The number of ether oxygens (including phenoxy) is 1. The molecule has 0 spiro atoms. The van der Waals surface area contributed by atoms with Gasteiger partial charge >= 0.3 is 6.01 Å². The number of hydrogen-bond acceptors (Lipinski definition) is 13. The number of carbonyl (C=O) groups is 2. The second-order valence-corrected chi connectivity index (χ2v) is 20.9. The summed E-state index contributed by atoms with van der Waals surface area (Å²) in [6, 6.07) is 12.1. The molecule has 16 heteroatoms. The van der Waals surface area contributed by atoms with E-state index in [1.807, 2.05) is 24.0 Å². The zero-order valence-corrected chi connectivity index (χ0v) is 39.4. The third-order valence-corrected chi connectivity index (χ3v) is 15.8. The number of nitrogens with one attached hydrogen (secondary N) is 1. The quantitative estimate of drug-likeness (QED) is 0.101. The van der Waals surface area contributed by atoms with Crippen molar-refractivity contribution in [3.05, 3.63) is 77.1 Å². The van der Waals surface area contributed by atoms with Gasteiger partial charge in [-0.2, -0.15) is 9.97 Å². The number of anilines is 1. The van der Waals surface area contributed by atoms with Crippen LogP contribution >= 0.6 is 0 Å². The van der Waals surface area contributed by atoms with Crippen LogP contribution in [0.2, 0.25) is 0 Å². The summed E-state index contributed by atoms with van der Waals surface area (Å²) in [6.45, 7) is 11.0. The average Bonchev–Trinajstić information content (AvgIpc) is 3.97. The highest BCUT2D eigenvalue weighted by atomic mass is 19.1. The number of carbonyl (C=O) groups excluding carboxylic acids is 2. The molecule has 69 heavy (non-hydrogen) atoms. The Morgan fingerprint density at radius 1 is 0.942 bits per heavy atom. The van der Waals surface area contributed by atoms with Crippen molar-refractivity contribution < 1.29 is 37.8 Å². The maximum absolute atomic E-state index is 17.1. The molecule has 5 aliphatic rings. The number of phenolic OH excluding ortho intramolecular Hbond substituents is 1.